The van der Waals surface area contributed by atoms with Crippen LogP contribution in [-0.4, -0.2) is 48.2 Å². The number of esters is 1. The minimum atomic E-state index is -0.271. The zero-order valence-corrected chi connectivity index (χ0v) is 6.01. The second-order valence-electron chi connectivity index (χ2n) is 2.60. The molecular weight excluding hydrogens is 153 g/mol. The first-order chi connectivity index (χ1) is 4.83. The zero-order chi connectivity index (χ0) is 7.40. The molecule has 1 aliphatic rings. The third-order valence-corrected chi connectivity index (χ3v) is 1.77. The van der Waals surface area contributed by atoms with Crippen molar-refractivity contribution in [1.29, 1.82) is 0 Å². The van der Waals surface area contributed by atoms with Crippen LogP contribution >= 0.6 is 0 Å². The fourth-order valence-corrected chi connectivity index (χ4v) is 1.24. The van der Waals surface area contributed by atoms with Crippen molar-refractivity contribution in [3.8, 4) is 0 Å². The second kappa shape index (κ2) is 6.00. The SMILES string of the molecule is NCC(=O)OC1CCCC1.[NaH]. The molecule has 4 heteroatoms. The summed E-state index contributed by atoms with van der Waals surface area (Å²) >= 11 is 0. The van der Waals surface area contributed by atoms with Gasteiger partial charge in [-0.2, -0.15) is 0 Å². The Morgan fingerprint density at radius 3 is 2.45 bits per heavy atom. The van der Waals surface area contributed by atoms with E-state index in [9.17, 15) is 4.79 Å². The van der Waals surface area contributed by atoms with Gasteiger partial charge in [0.15, 0.2) is 0 Å². The van der Waals surface area contributed by atoms with Gasteiger partial charge in [0, 0.05) is 0 Å². The monoisotopic (exact) mass is 167 g/mol. The van der Waals surface area contributed by atoms with E-state index in [1.54, 1.807) is 0 Å². The van der Waals surface area contributed by atoms with Gasteiger partial charge < -0.3 is 10.5 Å². The summed E-state index contributed by atoms with van der Waals surface area (Å²) in [5.74, 6) is -0.271. The molecule has 1 aliphatic carbocycles. The topological polar surface area (TPSA) is 52.3 Å². The summed E-state index contributed by atoms with van der Waals surface area (Å²) in [7, 11) is 0. The molecule has 0 aliphatic heterocycles. The van der Waals surface area contributed by atoms with Crippen LogP contribution in [0.5, 0.6) is 0 Å². The molecule has 1 fully saturated rings. The molecule has 0 spiro atoms. The molecule has 0 atom stereocenters. The number of hydrogen-bond donors (Lipinski definition) is 1. The van der Waals surface area contributed by atoms with Gasteiger partial charge in [0.05, 0.1) is 6.54 Å². The van der Waals surface area contributed by atoms with Crippen molar-refractivity contribution in [2.45, 2.75) is 31.8 Å². The van der Waals surface area contributed by atoms with E-state index in [2.05, 4.69) is 0 Å². The first-order valence-corrected chi connectivity index (χ1v) is 3.72. The standard InChI is InChI=1S/C7H13NO2.Na.H/c8-5-7(9)10-6-3-1-2-4-6;;/h6H,1-5,8H2;;. The predicted octanol–water partition coefficient (Wildman–Crippen LogP) is -0.218. The first kappa shape index (κ1) is 11.4. The summed E-state index contributed by atoms with van der Waals surface area (Å²) in [5, 5.41) is 0. The Kier molecular flexibility index (Phi) is 6.24. The molecule has 0 aromatic carbocycles. The molecule has 0 saturated heterocycles. The molecule has 0 radical (unpaired) electrons. The minimum absolute atomic E-state index is 0. The average molecular weight is 167 g/mol. The summed E-state index contributed by atoms with van der Waals surface area (Å²) in [5.41, 5.74) is 5.08. The van der Waals surface area contributed by atoms with Crippen LogP contribution < -0.4 is 5.73 Å². The summed E-state index contributed by atoms with van der Waals surface area (Å²) in [6.07, 6.45) is 4.57. The molecule has 0 aromatic rings. The van der Waals surface area contributed by atoms with Crippen LogP contribution in [0.1, 0.15) is 25.7 Å². The number of nitrogens with two attached hydrogens (primary N) is 1. The fraction of sp³-hybridized carbons (Fsp3) is 0.857. The van der Waals surface area contributed by atoms with Gasteiger partial charge in [-0.3, -0.25) is 4.79 Å². The van der Waals surface area contributed by atoms with E-state index in [0.29, 0.717) is 0 Å². The Hall–Kier alpha value is 0.430. The molecule has 0 heterocycles. The van der Waals surface area contributed by atoms with Crippen LogP contribution in [0.25, 0.3) is 0 Å². The van der Waals surface area contributed by atoms with Gasteiger partial charge in [-0.25, -0.2) is 0 Å². The summed E-state index contributed by atoms with van der Waals surface area (Å²) in [6.45, 7) is 0.0104. The third-order valence-electron chi connectivity index (χ3n) is 1.77. The van der Waals surface area contributed by atoms with Crippen LogP contribution in [0.2, 0.25) is 0 Å². The van der Waals surface area contributed by atoms with E-state index < -0.39 is 0 Å². The second-order valence-corrected chi connectivity index (χ2v) is 2.60. The van der Waals surface area contributed by atoms with Gasteiger partial charge in [0.1, 0.15) is 6.10 Å². The van der Waals surface area contributed by atoms with Gasteiger partial charge in [-0.05, 0) is 25.7 Å². The van der Waals surface area contributed by atoms with E-state index in [1.807, 2.05) is 0 Å². The Labute approximate surface area is 89.0 Å². The van der Waals surface area contributed by atoms with Crippen LogP contribution in [0, 0.1) is 0 Å². The number of hydrogen-bond acceptors (Lipinski definition) is 3. The Balaban J connectivity index is 0.000001000. The van der Waals surface area contributed by atoms with E-state index in [4.69, 9.17) is 10.5 Å². The molecule has 0 aromatic heterocycles. The van der Waals surface area contributed by atoms with Crippen molar-refractivity contribution >= 4 is 35.5 Å². The van der Waals surface area contributed by atoms with Crippen molar-refractivity contribution in [3.05, 3.63) is 0 Å². The Morgan fingerprint density at radius 2 is 2.00 bits per heavy atom. The quantitative estimate of drug-likeness (QED) is 0.457. The van der Waals surface area contributed by atoms with Crippen molar-refractivity contribution in [2.24, 2.45) is 5.73 Å². The van der Waals surface area contributed by atoms with Gasteiger partial charge in [-0.1, -0.05) is 0 Å². The van der Waals surface area contributed by atoms with Crippen molar-refractivity contribution in [2.75, 3.05) is 6.54 Å². The summed E-state index contributed by atoms with van der Waals surface area (Å²) < 4.78 is 5.00. The van der Waals surface area contributed by atoms with E-state index in [1.165, 1.54) is 12.8 Å². The molecule has 11 heavy (non-hydrogen) atoms. The van der Waals surface area contributed by atoms with E-state index >= 15 is 0 Å². The van der Waals surface area contributed by atoms with Gasteiger partial charge >= 0.3 is 35.5 Å². The maximum absolute atomic E-state index is 10.6. The van der Waals surface area contributed by atoms with E-state index in [0.717, 1.165) is 12.8 Å². The van der Waals surface area contributed by atoms with Crippen LogP contribution in [0.15, 0.2) is 0 Å². The van der Waals surface area contributed by atoms with Crippen molar-refractivity contribution in [1.82, 2.24) is 0 Å². The Morgan fingerprint density at radius 1 is 1.45 bits per heavy atom. The molecule has 0 amide bonds. The molecule has 0 bridgehead atoms. The predicted molar refractivity (Wildman–Crippen MR) is 44.6 cm³/mol. The summed E-state index contributed by atoms with van der Waals surface area (Å²) in [6, 6.07) is 0. The van der Waals surface area contributed by atoms with Gasteiger partial charge in [0.2, 0.25) is 0 Å². The van der Waals surface area contributed by atoms with E-state index in [-0.39, 0.29) is 48.2 Å². The van der Waals surface area contributed by atoms with Crippen molar-refractivity contribution < 1.29 is 9.53 Å². The molecular formula is C7H14NNaO2. The maximum atomic E-state index is 10.6. The Bertz CT molecular complexity index is 124. The number of carbonyl (C=O) groups is 1. The van der Waals surface area contributed by atoms with Gasteiger partial charge in [-0.15, -0.1) is 0 Å². The zero-order valence-electron chi connectivity index (χ0n) is 6.01. The summed E-state index contributed by atoms with van der Waals surface area (Å²) in [4.78, 5) is 10.6. The molecule has 1 saturated carbocycles. The molecule has 3 nitrogen and oxygen atoms in total. The first-order valence-electron chi connectivity index (χ1n) is 3.72. The number of carbonyl (C=O) groups excluding carboxylic acids is 1. The average Bonchev–Trinajstić information content (AvgIpc) is 2.40. The molecule has 2 N–H and O–H groups in total. The molecule has 0 unspecified atom stereocenters. The van der Waals surface area contributed by atoms with Crippen LogP contribution in [0.3, 0.4) is 0 Å². The van der Waals surface area contributed by atoms with Crippen LogP contribution in [-0.2, 0) is 9.53 Å². The van der Waals surface area contributed by atoms with Crippen molar-refractivity contribution in [3.63, 3.8) is 0 Å². The third kappa shape index (κ3) is 4.11. The molecule has 1 rings (SSSR count). The normalized spacial score (nSPS) is 17.5. The number of ether oxygens (including phenoxy) is 1. The number of rotatable bonds is 2. The van der Waals surface area contributed by atoms with Gasteiger partial charge in [0.25, 0.3) is 0 Å². The van der Waals surface area contributed by atoms with Crippen LogP contribution in [0.4, 0.5) is 0 Å². The molecule has 60 valence electrons. The fourth-order valence-electron chi connectivity index (χ4n) is 1.24.